The number of ether oxygens (including phenoxy) is 3. The van der Waals surface area contributed by atoms with Crippen molar-refractivity contribution in [3.05, 3.63) is 0 Å². The van der Waals surface area contributed by atoms with Crippen molar-refractivity contribution in [1.82, 2.24) is 0 Å². The van der Waals surface area contributed by atoms with Crippen LogP contribution in [-0.2, 0) is 28.1 Å². The molecule has 0 aromatic carbocycles. The van der Waals surface area contributed by atoms with Crippen molar-refractivity contribution in [3.8, 4) is 0 Å². The zero-order valence-corrected chi connectivity index (χ0v) is 24.6. The van der Waals surface area contributed by atoms with Crippen molar-refractivity contribution in [2.24, 2.45) is 46.3 Å². The lowest BCUT2D eigenvalue weighted by Gasteiger charge is -2.64. The summed E-state index contributed by atoms with van der Waals surface area (Å²) in [5, 5.41) is 11.8. The SMILES string of the molecule is CCOC1CC2CC(OC)CCC2(C)C2CC(O)C3(C)C(C(C)CCC(=O)OCOP(=O)(O)O)CCC3C12. The Morgan fingerprint density at radius 2 is 1.84 bits per heavy atom. The number of rotatable bonds is 10. The van der Waals surface area contributed by atoms with Crippen molar-refractivity contribution < 1.29 is 43.0 Å². The van der Waals surface area contributed by atoms with Crippen molar-refractivity contribution >= 4 is 13.8 Å². The highest BCUT2D eigenvalue weighted by atomic mass is 31.2. The van der Waals surface area contributed by atoms with E-state index in [9.17, 15) is 14.5 Å². The molecule has 0 bridgehead atoms. The van der Waals surface area contributed by atoms with Gasteiger partial charge in [0.2, 0.25) is 6.79 Å². The third-order valence-electron chi connectivity index (χ3n) is 11.4. The first kappa shape index (κ1) is 30.4. The molecule has 11 atom stereocenters. The van der Waals surface area contributed by atoms with Gasteiger partial charge in [0.15, 0.2) is 0 Å². The van der Waals surface area contributed by atoms with Gasteiger partial charge in [0.05, 0.1) is 18.3 Å². The van der Waals surface area contributed by atoms with Gasteiger partial charge in [0, 0.05) is 20.1 Å². The van der Waals surface area contributed by atoms with E-state index in [1.165, 1.54) is 0 Å². The maximum Gasteiger partial charge on any atom is 0.472 e. The minimum absolute atomic E-state index is 0.146. The Morgan fingerprint density at radius 3 is 2.50 bits per heavy atom. The van der Waals surface area contributed by atoms with E-state index in [0.717, 1.165) is 44.9 Å². The number of aliphatic hydroxyl groups excluding tert-OH is 1. The number of carbonyl (C=O) groups is 1. The Morgan fingerprint density at radius 1 is 1.11 bits per heavy atom. The van der Waals surface area contributed by atoms with Crippen LogP contribution in [0.5, 0.6) is 0 Å². The standard InChI is InChI=1S/C28H49O9P/c1-6-35-23-14-18-13-19(34-5)11-12-27(18,3)22-15-24(29)28(4)20(8-9-21(28)26(22)23)17(2)7-10-25(30)36-16-37-38(31,32)33/h17-24,26,29H,6-16H2,1-5H3,(H2,31,32,33). The van der Waals surface area contributed by atoms with Crippen LogP contribution < -0.4 is 0 Å². The molecular formula is C28H49O9P. The second-order valence-corrected chi connectivity index (χ2v) is 14.2. The molecule has 0 aromatic rings. The monoisotopic (exact) mass is 560 g/mol. The lowest BCUT2D eigenvalue weighted by Crippen LogP contribution is -2.62. The smallest absolute Gasteiger partial charge is 0.438 e. The Kier molecular flexibility index (Phi) is 9.41. The van der Waals surface area contributed by atoms with Crippen LogP contribution in [0.4, 0.5) is 0 Å². The lowest BCUT2D eigenvalue weighted by atomic mass is 9.43. The molecular weight excluding hydrogens is 511 g/mol. The number of phosphoric ester groups is 1. The molecule has 4 fully saturated rings. The average Bonchev–Trinajstić information content (AvgIpc) is 3.21. The molecule has 0 amide bonds. The molecule has 4 aliphatic carbocycles. The normalized spacial score (nSPS) is 43.6. The van der Waals surface area contributed by atoms with Crippen molar-refractivity contribution in [2.75, 3.05) is 20.5 Å². The molecule has 4 aliphatic rings. The van der Waals surface area contributed by atoms with E-state index in [0.29, 0.717) is 42.8 Å². The summed E-state index contributed by atoms with van der Waals surface area (Å²) in [6.45, 7) is 8.92. The van der Waals surface area contributed by atoms with E-state index >= 15 is 0 Å². The highest BCUT2D eigenvalue weighted by molar-refractivity contribution is 7.46. The summed E-state index contributed by atoms with van der Waals surface area (Å²) < 4.78 is 32.1. The fourth-order valence-corrected chi connectivity index (χ4v) is 9.66. The summed E-state index contributed by atoms with van der Waals surface area (Å²) in [6.07, 6.45) is 8.11. The van der Waals surface area contributed by atoms with Crippen molar-refractivity contribution in [1.29, 1.82) is 0 Å². The van der Waals surface area contributed by atoms with Crippen LogP contribution in [0.15, 0.2) is 0 Å². The fourth-order valence-electron chi connectivity index (χ4n) is 9.47. The number of phosphoric acid groups is 1. The van der Waals surface area contributed by atoms with Gasteiger partial charge >= 0.3 is 13.8 Å². The van der Waals surface area contributed by atoms with Crippen molar-refractivity contribution in [2.45, 2.75) is 104 Å². The number of methoxy groups -OCH3 is 1. The number of hydrogen-bond acceptors (Lipinski definition) is 7. The molecule has 0 aliphatic heterocycles. The molecule has 0 saturated heterocycles. The number of fused-ring (bicyclic) bond motifs is 5. The van der Waals surface area contributed by atoms with Crippen LogP contribution in [0.1, 0.15) is 85.5 Å². The second-order valence-electron chi connectivity index (χ2n) is 12.9. The molecule has 220 valence electrons. The van der Waals surface area contributed by atoms with Crippen LogP contribution in [0.2, 0.25) is 0 Å². The van der Waals surface area contributed by atoms with Gasteiger partial charge in [-0.3, -0.25) is 4.79 Å². The Bertz CT molecular complexity index is 878. The highest BCUT2D eigenvalue weighted by Crippen LogP contribution is 2.68. The van der Waals surface area contributed by atoms with Crippen LogP contribution in [0.25, 0.3) is 0 Å². The Hall–Kier alpha value is -0.540. The molecule has 10 heteroatoms. The number of carbonyl (C=O) groups excluding carboxylic acids is 1. The van der Waals surface area contributed by atoms with Gasteiger partial charge < -0.3 is 29.1 Å². The predicted octanol–water partition coefficient (Wildman–Crippen LogP) is 4.67. The van der Waals surface area contributed by atoms with E-state index in [1.54, 1.807) is 0 Å². The summed E-state index contributed by atoms with van der Waals surface area (Å²) >= 11 is 0. The molecule has 9 nitrogen and oxygen atoms in total. The van der Waals surface area contributed by atoms with Crippen molar-refractivity contribution in [3.63, 3.8) is 0 Å². The summed E-state index contributed by atoms with van der Waals surface area (Å²) in [5.74, 6) is 1.72. The molecule has 0 spiro atoms. The third-order valence-corrected chi connectivity index (χ3v) is 11.9. The minimum atomic E-state index is -4.67. The number of hydrogen-bond donors (Lipinski definition) is 3. The van der Waals surface area contributed by atoms with Gasteiger partial charge in [-0.05, 0) is 105 Å². The largest absolute Gasteiger partial charge is 0.472 e. The summed E-state index contributed by atoms with van der Waals surface area (Å²) in [7, 11) is -2.85. The molecule has 4 rings (SSSR count). The van der Waals surface area contributed by atoms with E-state index in [2.05, 4.69) is 32.2 Å². The first-order chi connectivity index (χ1) is 17.8. The highest BCUT2D eigenvalue weighted by Gasteiger charge is 2.66. The summed E-state index contributed by atoms with van der Waals surface area (Å²) in [6, 6.07) is 0. The first-order valence-corrected chi connectivity index (χ1v) is 16.1. The predicted molar refractivity (Wildman–Crippen MR) is 141 cm³/mol. The Balaban J connectivity index is 1.47. The first-order valence-electron chi connectivity index (χ1n) is 14.5. The fraction of sp³-hybridized carbons (Fsp3) is 0.964. The molecule has 0 heterocycles. The zero-order valence-electron chi connectivity index (χ0n) is 23.7. The van der Waals surface area contributed by atoms with Gasteiger partial charge in [0.25, 0.3) is 0 Å². The van der Waals surface area contributed by atoms with Gasteiger partial charge in [-0.25, -0.2) is 9.09 Å². The number of aliphatic hydroxyl groups is 1. The van der Waals surface area contributed by atoms with E-state index in [4.69, 9.17) is 24.0 Å². The molecule has 38 heavy (non-hydrogen) atoms. The summed E-state index contributed by atoms with van der Waals surface area (Å²) in [4.78, 5) is 29.7. The second kappa shape index (κ2) is 11.8. The molecule has 11 unspecified atom stereocenters. The van der Waals surface area contributed by atoms with Gasteiger partial charge in [-0.1, -0.05) is 20.8 Å². The quantitative estimate of drug-likeness (QED) is 0.198. The molecule has 4 saturated carbocycles. The molecule has 0 aromatic heterocycles. The van der Waals surface area contributed by atoms with Crippen LogP contribution in [-0.4, -0.2) is 59.7 Å². The summed E-state index contributed by atoms with van der Waals surface area (Å²) in [5.41, 5.74) is -0.0471. The van der Waals surface area contributed by atoms with Crippen LogP contribution >= 0.6 is 7.82 Å². The minimum Gasteiger partial charge on any atom is -0.438 e. The molecule has 3 N–H and O–H groups in total. The van der Waals surface area contributed by atoms with E-state index in [-0.39, 0.29) is 35.2 Å². The van der Waals surface area contributed by atoms with Crippen LogP contribution in [0, 0.1) is 46.3 Å². The maximum absolute atomic E-state index is 12.2. The zero-order chi connectivity index (χ0) is 27.9. The maximum atomic E-state index is 12.2. The topological polar surface area (TPSA) is 132 Å². The van der Waals surface area contributed by atoms with Crippen LogP contribution in [0.3, 0.4) is 0 Å². The third kappa shape index (κ3) is 5.77. The lowest BCUT2D eigenvalue weighted by molar-refractivity contribution is -0.217. The van der Waals surface area contributed by atoms with Gasteiger partial charge in [-0.2, -0.15) is 0 Å². The van der Waals surface area contributed by atoms with Gasteiger partial charge in [-0.15, -0.1) is 0 Å². The Labute approximate surface area is 227 Å². The van der Waals surface area contributed by atoms with Gasteiger partial charge in [0.1, 0.15) is 0 Å². The average molecular weight is 561 g/mol. The van der Waals surface area contributed by atoms with E-state index in [1.807, 2.05) is 7.11 Å². The molecule has 0 radical (unpaired) electrons. The van der Waals surface area contributed by atoms with E-state index < -0.39 is 26.7 Å². The number of esters is 1.